The van der Waals surface area contributed by atoms with Crippen LogP contribution in [0.1, 0.15) is 35.1 Å². The number of carbonyl (C=O) groups excluding carboxylic acids is 1. The van der Waals surface area contributed by atoms with Gasteiger partial charge in [0.25, 0.3) is 0 Å². The molecule has 3 aromatic rings. The fourth-order valence-corrected chi connectivity index (χ4v) is 4.92. The molecule has 0 unspecified atom stereocenters. The van der Waals surface area contributed by atoms with E-state index in [4.69, 9.17) is 4.74 Å². The topological polar surface area (TPSA) is 80.0 Å². The van der Waals surface area contributed by atoms with E-state index in [1.165, 1.54) is 35.1 Å². The van der Waals surface area contributed by atoms with Crippen LogP contribution in [0.4, 0.5) is 4.39 Å². The van der Waals surface area contributed by atoms with Gasteiger partial charge in [-0.05, 0) is 50.6 Å². The molecule has 1 atom stereocenters. The number of ether oxygens (including phenoxy) is 1. The molecule has 1 N–H and O–H groups in total. The number of hydrogen-bond donors (Lipinski definition) is 1. The number of halogens is 1. The molecule has 4 rings (SSSR count). The van der Waals surface area contributed by atoms with Crippen molar-refractivity contribution in [3.63, 3.8) is 0 Å². The first-order valence-electron chi connectivity index (χ1n) is 9.10. The van der Waals surface area contributed by atoms with Crippen molar-refractivity contribution in [2.75, 3.05) is 20.2 Å². The van der Waals surface area contributed by atoms with Gasteiger partial charge in [0.1, 0.15) is 11.6 Å². The molecule has 7 nitrogen and oxygen atoms in total. The molecule has 1 aromatic carbocycles. The van der Waals surface area contributed by atoms with Gasteiger partial charge in [-0.2, -0.15) is 4.52 Å². The maximum atomic E-state index is 13.5. The van der Waals surface area contributed by atoms with Crippen molar-refractivity contribution >= 4 is 22.3 Å². The first kappa shape index (κ1) is 18.8. The summed E-state index contributed by atoms with van der Waals surface area (Å²) in [5.74, 6) is 0.0218. The van der Waals surface area contributed by atoms with Gasteiger partial charge in [0.15, 0.2) is 0 Å². The van der Waals surface area contributed by atoms with Crippen LogP contribution in [-0.2, 0) is 9.53 Å². The molecule has 1 saturated heterocycles. The van der Waals surface area contributed by atoms with Gasteiger partial charge in [0.05, 0.1) is 23.9 Å². The highest BCUT2D eigenvalue weighted by molar-refractivity contribution is 7.17. The molecule has 0 spiro atoms. The Morgan fingerprint density at radius 1 is 1.32 bits per heavy atom. The second-order valence-corrected chi connectivity index (χ2v) is 7.94. The average molecular weight is 404 g/mol. The van der Waals surface area contributed by atoms with Crippen LogP contribution >= 0.6 is 11.3 Å². The Morgan fingerprint density at radius 2 is 2.00 bits per heavy atom. The summed E-state index contributed by atoms with van der Waals surface area (Å²) >= 11 is 1.37. The third kappa shape index (κ3) is 3.35. The number of aromatic nitrogens is 3. The number of piperidine rings is 1. The summed E-state index contributed by atoms with van der Waals surface area (Å²) in [6, 6.07) is 6.02. The molecule has 1 aliphatic heterocycles. The van der Waals surface area contributed by atoms with Crippen LogP contribution in [-0.4, -0.2) is 50.8 Å². The van der Waals surface area contributed by atoms with Crippen molar-refractivity contribution in [2.45, 2.75) is 25.8 Å². The number of fused-ring (bicyclic) bond motifs is 1. The van der Waals surface area contributed by atoms with Crippen molar-refractivity contribution in [2.24, 2.45) is 5.92 Å². The normalized spacial score (nSPS) is 17.1. The molecule has 148 valence electrons. The molecule has 0 bridgehead atoms. The van der Waals surface area contributed by atoms with Crippen LogP contribution in [0.5, 0.6) is 5.88 Å². The quantitative estimate of drug-likeness (QED) is 0.674. The lowest BCUT2D eigenvalue weighted by atomic mass is 9.93. The molecule has 3 heterocycles. The van der Waals surface area contributed by atoms with Crippen LogP contribution in [0.3, 0.4) is 0 Å². The Kier molecular flexibility index (Phi) is 5.03. The minimum Gasteiger partial charge on any atom is -0.492 e. The van der Waals surface area contributed by atoms with Gasteiger partial charge in [-0.3, -0.25) is 9.69 Å². The Labute approximate surface area is 165 Å². The lowest BCUT2D eigenvalue weighted by Gasteiger charge is -2.36. The maximum Gasteiger partial charge on any atom is 0.308 e. The predicted octanol–water partition coefficient (Wildman–Crippen LogP) is 2.92. The van der Waals surface area contributed by atoms with Crippen molar-refractivity contribution in [3.8, 4) is 5.88 Å². The standard InChI is InChI=1S/C19H21FN4O3S/c1-11-21-19-24(22-11)17(25)16(28-19)15(12-3-5-14(20)6-4-12)23-9-7-13(8-10-23)18(26)27-2/h3-6,13,15,25H,7-10H2,1-2H3/t15-/m1/s1. The second-order valence-electron chi connectivity index (χ2n) is 6.93. The maximum absolute atomic E-state index is 13.5. The highest BCUT2D eigenvalue weighted by Crippen LogP contribution is 2.41. The Balaban J connectivity index is 1.70. The zero-order chi connectivity index (χ0) is 19.8. The second kappa shape index (κ2) is 7.48. The number of thiazole rings is 1. The molecular formula is C19H21FN4O3S. The average Bonchev–Trinajstić information content (AvgIpc) is 3.21. The van der Waals surface area contributed by atoms with Crippen molar-refractivity contribution < 1.29 is 19.0 Å². The van der Waals surface area contributed by atoms with Gasteiger partial charge in [-0.1, -0.05) is 23.5 Å². The molecule has 1 aliphatic rings. The first-order chi connectivity index (χ1) is 13.5. The van der Waals surface area contributed by atoms with E-state index in [-0.39, 0.29) is 29.6 Å². The number of esters is 1. The van der Waals surface area contributed by atoms with Gasteiger partial charge in [0.2, 0.25) is 10.8 Å². The highest BCUT2D eigenvalue weighted by atomic mass is 32.1. The van der Waals surface area contributed by atoms with Crippen LogP contribution < -0.4 is 0 Å². The van der Waals surface area contributed by atoms with Crippen LogP contribution in [0.2, 0.25) is 0 Å². The largest absolute Gasteiger partial charge is 0.492 e. The van der Waals surface area contributed by atoms with E-state index < -0.39 is 0 Å². The number of aryl methyl sites for hydroxylation is 1. The first-order valence-corrected chi connectivity index (χ1v) is 9.92. The molecule has 2 aromatic heterocycles. The summed E-state index contributed by atoms with van der Waals surface area (Å²) < 4.78 is 19.8. The van der Waals surface area contributed by atoms with E-state index in [0.29, 0.717) is 41.6 Å². The lowest BCUT2D eigenvalue weighted by molar-refractivity contribution is -0.147. The van der Waals surface area contributed by atoms with E-state index in [9.17, 15) is 14.3 Å². The third-order valence-electron chi connectivity index (χ3n) is 5.17. The summed E-state index contributed by atoms with van der Waals surface area (Å²) in [4.78, 5) is 19.7. The molecule has 0 saturated carbocycles. The number of methoxy groups -OCH3 is 1. The molecule has 28 heavy (non-hydrogen) atoms. The molecular weight excluding hydrogens is 383 g/mol. The van der Waals surface area contributed by atoms with Gasteiger partial charge in [-0.15, -0.1) is 5.10 Å². The summed E-state index contributed by atoms with van der Waals surface area (Å²) in [6.07, 6.45) is 1.34. The highest BCUT2D eigenvalue weighted by Gasteiger charge is 2.34. The smallest absolute Gasteiger partial charge is 0.308 e. The minimum absolute atomic E-state index is 0.0463. The number of aromatic hydroxyl groups is 1. The Hall–Kier alpha value is -2.52. The monoisotopic (exact) mass is 404 g/mol. The van der Waals surface area contributed by atoms with Crippen molar-refractivity contribution in [3.05, 3.63) is 46.3 Å². The summed E-state index contributed by atoms with van der Waals surface area (Å²) in [5, 5.41) is 15.0. The predicted molar refractivity (Wildman–Crippen MR) is 102 cm³/mol. The number of hydrogen-bond acceptors (Lipinski definition) is 7. The third-order valence-corrected chi connectivity index (χ3v) is 6.24. The number of carbonyl (C=O) groups is 1. The summed E-state index contributed by atoms with van der Waals surface area (Å²) in [7, 11) is 1.41. The molecule has 0 radical (unpaired) electrons. The fraction of sp³-hybridized carbons (Fsp3) is 0.421. The fourth-order valence-electron chi connectivity index (χ4n) is 3.76. The molecule has 0 amide bonds. The number of nitrogens with zero attached hydrogens (tertiary/aromatic N) is 4. The molecule has 9 heteroatoms. The number of likely N-dealkylation sites (tertiary alicyclic amines) is 1. The van der Waals surface area contributed by atoms with E-state index in [0.717, 1.165) is 5.56 Å². The van der Waals surface area contributed by atoms with Gasteiger partial charge in [0, 0.05) is 0 Å². The summed E-state index contributed by atoms with van der Waals surface area (Å²) in [5.41, 5.74) is 0.870. The van der Waals surface area contributed by atoms with Crippen molar-refractivity contribution in [1.29, 1.82) is 0 Å². The SMILES string of the molecule is COC(=O)C1CCN([C@H](c2ccc(F)cc2)c2sc3nc(C)nn3c2O)CC1. The van der Waals surface area contributed by atoms with Gasteiger partial charge >= 0.3 is 5.97 Å². The van der Waals surface area contributed by atoms with Crippen molar-refractivity contribution in [1.82, 2.24) is 19.5 Å². The van der Waals surface area contributed by atoms with E-state index in [1.54, 1.807) is 19.1 Å². The van der Waals surface area contributed by atoms with E-state index in [2.05, 4.69) is 15.0 Å². The number of benzene rings is 1. The minimum atomic E-state index is -0.311. The van der Waals surface area contributed by atoms with E-state index in [1.807, 2.05) is 0 Å². The molecule has 1 fully saturated rings. The van der Waals surface area contributed by atoms with E-state index >= 15 is 0 Å². The Morgan fingerprint density at radius 3 is 2.61 bits per heavy atom. The lowest BCUT2D eigenvalue weighted by Crippen LogP contribution is -2.39. The molecule has 0 aliphatic carbocycles. The van der Waals surface area contributed by atoms with Crippen LogP contribution in [0.25, 0.3) is 4.96 Å². The zero-order valence-electron chi connectivity index (χ0n) is 15.6. The number of rotatable bonds is 4. The van der Waals surface area contributed by atoms with Crippen LogP contribution in [0.15, 0.2) is 24.3 Å². The summed E-state index contributed by atoms with van der Waals surface area (Å²) in [6.45, 7) is 3.09. The van der Waals surface area contributed by atoms with Crippen LogP contribution in [0, 0.1) is 18.7 Å². The Bertz CT molecular complexity index is 993. The van der Waals surface area contributed by atoms with Gasteiger partial charge in [-0.25, -0.2) is 9.37 Å². The zero-order valence-corrected chi connectivity index (χ0v) is 16.4. The van der Waals surface area contributed by atoms with Gasteiger partial charge < -0.3 is 9.84 Å².